The van der Waals surface area contributed by atoms with E-state index >= 15 is 0 Å². The van der Waals surface area contributed by atoms with Crippen molar-refractivity contribution in [1.82, 2.24) is 4.67 Å². The van der Waals surface area contributed by atoms with Gasteiger partial charge in [-0.3, -0.25) is 0 Å². The Morgan fingerprint density at radius 1 is 1.35 bits per heavy atom. The van der Waals surface area contributed by atoms with Crippen LogP contribution in [0.25, 0.3) is 0 Å². The van der Waals surface area contributed by atoms with Crippen molar-refractivity contribution in [2.24, 2.45) is 5.41 Å². The maximum absolute atomic E-state index is 13.7. The number of nitrogens with zero attached hydrogens (tertiary/aromatic N) is 1. The lowest BCUT2D eigenvalue weighted by Gasteiger charge is -2.49. The third-order valence-electron chi connectivity index (χ3n) is 5.16. The van der Waals surface area contributed by atoms with Gasteiger partial charge in [0.1, 0.15) is 12.7 Å². The molecule has 26 heavy (non-hydrogen) atoms. The van der Waals surface area contributed by atoms with Crippen LogP contribution in [0, 0.1) is 5.41 Å². The highest BCUT2D eigenvalue weighted by atomic mass is 35.5. The summed E-state index contributed by atoms with van der Waals surface area (Å²) < 4.78 is 14.0. The Labute approximate surface area is 166 Å². The van der Waals surface area contributed by atoms with Crippen LogP contribution in [0.15, 0.2) is 30.9 Å². The van der Waals surface area contributed by atoms with Crippen molar-refractivity contribution >= 4 is 31.3 Å². The number of benzene rings is 1. The van der Waals surface area contributed by atoms with Crippen molar-refractivity contribution in [2.75, 3.05) is 13.2 Å². The second kappa shape index (κ2) is 8.05. The van der Waals surface area contributed by atoms with Crippen molar-refractivity contribution in [1.29, 1.82) is 0 Å². The van der Waals surface area contributed by atoms with E-state index in [2.05, 4.69) is 6.58 Å². The first-order valence-corrected chi connectivity index (χ1v) is 11.3. The van der Waals surface area contributed by atoms with Gasteiger partial charge in [-0.15, -0.1) is 11.2 Å². The van der Waals surface area contributed by atoms with Gasteiger partial charge in [0.2, 0.25) is 0 Å². The van der Waals surface area contributed by atoms with Crippen molar-refractivity contribution in [3.63, 3.8) is 0 Å². The van der Waals surface area contributed by atoms with Gasteiger partial charge in [-0.2, -0.15) is 9.05 Å². The standard InChI is InChI=1S/C19H26Cl2NO3P/c1-4-8-14-9-5-6-12-22(14)26(23)24-13-19(2,3)18(25-26)17-15(20)10-7-11-16(17)21/h4,7,10-11,14,18H,1,5-6,8-9,12-13H2,2-3H3/t14?,18-,26?/m0/s1. The van der Waals surface area contributed by atoms with Gasteiger partial charge in [-0.25, -0.2) is 0 Å². The van der Waals surface area contributed by atoms with Gasteiger partial charge in [0, 0.05) is 27.6 Å². The highest BCUT2D eigenvalue weighted by molar-refractivity contribution is 7.56. The second-order valence-corrected chi connectivity index (χ2v) is 10.4. The molecule has 0 amide bonds. The number of rotatable bonds is 4. The Hall–Kier alpha value is -0.190. The summed E-state index contributed by atoms with van der Waals surface area (Å²) in [6.45, 7) is 8.86. The summed E-state index contributed by atoms with van der Waals surface area (Å²) in [5.74, 6) is 0. The van der Waals surface area contributed by atoms with Crippen LogP contribution < -0.4 is 4.89 Å². The zero-order valence-corrected chi connectivity index (χ0v) is 17.7. The van der Waals surface area contributed by atoms with Gasteiger partial charge in [0.25, 0.3) is 0 Å². The minimum Gasteiger partial charge on any atom is -0.616 e. The summed E-state index contributed by atoms with van der Waals surface area (Å²) in [6.07, 6.45) is 5.17. The fourth-order valence-corrected chi connectivity index (χ4v) is 6.78. The van der Waals surface area contributed by atoms with Crippen LogP contribution in [-0.2, 0) is 9.05 Å². The highest BCUT2D eigenvalue weighted by Crippen LogP contribution is 2.67. The van der Waals surface area contributed by atoms with E-state index in [9.17, 15) is 4.89 Å². The molecule has 1 aromatic rings. The Balaban J connectivity index is 1.95. The average Bonchev–Trinajstić information content (AvgIpc) is 2.59. The fraction of sp³-hybridized carbons (Fsp3) is 0.579. The lowest BCUT2D eigenvalue weighted by atomic mass is 9.83. The van der Waals surface area contributed by atoms with E-state index in [0.717, 1.165) is 25.7 Å². The van der Waals surface area contributed by atoms with E-state index in [0.29, 0.717) is 28.8 Å². The lowest BCUT2D eigenvalue weighted by molar-refractivity contribution is -0.263. The maximum atomic E-state index is 13.7. The topological polar surface area (TPSA) is 44.8 Å². The second-order valence-electron chi connectivity index (χ2n) is 7.69. The molecule has 0 radical (unpaired) electrons. The van der Waals surface area contributed by atoms with Gasteiger partial charge < -0.3 is 4.89 Å². The van der Waals surface area contributed by atoms with E-state index < -0.39 is 19.6 Å². The minimum atomic E-state index is -3.45. The van der Waals surface area contributed by atoms with Crippen LogP contribution in [-0.4, -0.2) is 23.9 Å². The molecule has 2 unspecified atom stereocenters. The van der Waals surface area contributed by atoms with Crippen LogP contribution in [0.3, 0.4) is 0 Å². The smallest absolute Gasteiger partial charge is 0.315 e. The van der Waals surface area contributed by atoms with Crippen LogP contribution in [0.5, 0.6) is 0 Å². The van der Waals surface area contributed by atoms with E-state index in [1.807, 2.05) is 24.6 Å². The molecule has 144 valence electrons. The maximum Gasteiger partial charge on any atom is 0.315 e. The van der Waals surface area contributed by atoms with E-state index in [4.69, 9.17) is 32.2 Å². The summed E-state index contributed by atoms with van der Waals surface area (Å²) in [5.41, 5.74) is 0.272. The SMILES string of the molecule is C=CCC1CCCCN1[P+]1([O-])OCC(C)(C)[C@H](c2c(Cl)cccc2Cl)O1. The molecule has 0 aromatic heterocycles. The molecule has 2 fully saturated rings. The zero-order chi connectivity index (χ0) is 18.9. The summed E-state index contributed by atoms with van der Waals surface area (Å²) >= 11 is 12.9. The number of piperidine rings is 1. The molecular formula is C19H26Cl2NO3P. The molecule has 4 nitrogen and oxygen atoms in total. The van der Waals surface area contributed by atoms with Crippen LogP contribution in [0.4, 0.5) is 0 Å². The Morgan fingerprint density at radius 2 is 2.04 bits per heavy atom. The summed E-state index contributed by atoms with van der Waals surface area (Å²) in [6, 6.07) is 5.48. The monoisotopic (exact) mass is 417 g/mol. The molecule has 0 N–H and O–H groups in total. The van der Waals surface area contributed by atoms with Crippen molar-refractivity contribution in [3.8, 4) is 0 Å². The first kappa shape index (κ1) is 20.5. The highest BCUT2D eigenvalue weighted by Gasteiger charge is 2.55. The Morgan fingerprint density at radius 3 is 2.69 bits per heavy atom. The van der Waals surface area contributed by atoms with E-state index in [1.165, 1.54) is 0 Å². The predicted molar refractivity (Wildman–Crippen MR) is 106 cm³/mol. The van der Waals surface area contributed by atoms with Crippen LogP contribution in [0.2, 0.25) is 10.0 Å². The average molecular weight is 418 g/mol. The van der Waals surface area contributed by atoms with Gasteiger partial charge >= 0.3 is 8.09 Å². The zero-order valence-electron chi connectivity index (χ0n) is 15.3. The largest absolute Gasteiger partial charge is 0.616 e. The molecule has 2 aliphatic heterocycles. The summed E-state index contributed by atoms with van der Waals surface area (Å²) in [5, 5.41) is 1.04. The van der Waals surface area contributed by atoms with Gasteiger partial charge in [0.05, 0.1) is 6.04 Å². The molecule has 3 atom stereocenters. The molecule has 2 saturated heterocycles. The first-order chi connectivity index (χ1) is 12.3. The quantitative estimate of drug-likeness (QED) is 0.473. The van der Waals surface area contributed by atoms with Gasteiger partial charge in [-0.1, -0.05) is 55.6 Å². The molecular weight excluding hydrogens is 392 g/mol. The lowest BCUT2D eigenvalue weighted by Crippen LogP contribution is -2.49. The molecule has 0 saturated carbocycles. The van der Waals surface area contributed by atoms with Gasteiger partial charge in [0.15, 0.2) is 0 Å². The molecule has 3 rings (SSSR count). The van der Waals surface area contributed by atoms with Crippen LogP contribution in [0.1, 0.15) is 51.2 Å². The van der Waals surface area contributed by atoms with Gasteiger partial charge in [-0.05, 0) is 31.4 Å². The molecule has 2 heterocycles. The minimum absolute atomic E-state index is 0.121. The fourth-order valence-electron chi connectivity index (χ4n) is 3.71. The summed E-state index contributed by atoms with van der Waals surface area (Å²) in [4.78, 5) is 13.7. The third-order valence-corrected chi connectivity index (χ3v) is 7.91. The summed E-state index contributed by atoms with van der Waals surface area (Å²) in [7, 11) is -3.45. The molecule has 1 aromatic carbocycles. The molecule has 0 bridgehead atoms. The Bertz CT molecular complexity index is 652. The number of halogens is 2. The van der Waals surface area contributed by atoms with E-state index in [1.54, 1.807) is 18.2 Å². The van der Waals surface area contributed by atoms with E-state index in [-0.39, 0.29) is 6.04 Å². The normalized spacial score (nSPS) is 32.3. The van der Waals surface area contributed by atoms with Crippen LogP contribution >= 0.6 is 31.3 Å². The first-order valence-electron chi connectivity index (χ1n) is 9.03. The van der Waals surface area contributed by atoms with Crippen molar-refractivity contribution in [3.05, 3.63) is 46.5 Å². The predicted octanol–water partition coefficient (Wildman–Crippen LogP) is 5.58. The third kappa shape index (κ3) is 3.98. The molecule has 0 aliphatic carbocycles. The Kier molecular flexibility index (Phi) is 6.36. The molecule has 7 heteroatoms. The molecule has 0 spiro atoms. The number of hydrogen-bond donors (Lipinski definition) is 0. The number of hydrogen-bond acceptors (Lipinski definition) is 4. The van der Waals surface area contributed by atoms with Crippen molar-refractivity contribution in [2.45, 2.75) is 51.7 Å². The van der Waals surface area contributed by atoms with Crippen molar-refractivity contribution < 1.29 is 13.9 Å². The molecule has 2 aliphatic rings.